The SMILES string of the molecule is COc1cccc(NC(=O)C(c2ccccc2)N2CCCN(C(=O)c3cccc(Cl)c3)CC2)c1. The number of nitrogens with one attached hydrogen (secondary N) is 1. The normalized spacial score (nSPS) is 15.3. The smallest absolute Gasteiger partial charge is 0.253 e. The number of ether oxygens (including phenoxy) is 1. The van der Waals surface area contributed by atoms with Gasteiger partial charge in [-0.05, 0) is 42.3 Å². The predicted octanol–water partition coefficient (Wildman–Crippen LogP) is 4.88. The highest BCUT2D eigenvalue weighted by Crippen LogP contribution is 2.26. The van der Waals surface area contributed by atoms with Crippen LogP contribution in [0.2, 0.25) is 5.02 Å². The van der Waals surface area contributed by atoms with Gasteiger partial charge < -0.3 is 15.0 Å². The number of anilines is 1. The van der Waals surface area contributed by atoms with E-state index < -0.39 is 6.04 Å². The van der Waals surface area contributed by atoms with Crippen LogP contribution in [0, 0.1) is 0 Å². The number of hydrogen-bond donors (Lipinski definition) is 1. The molecule has 34 heavy (non-hydrogen) atoms. The topological polar surface area (TPSA) is 61.9 Å². The molecule has 1 saturated heterocycles. The van der Waals surface area contributed by atoms with Crippen LogP contribution in [0.25, 0.3) is 0 Å². The summed E-state index contributed by atoms with van der Waals surface area (Å²) in [5.41, 5.74) is 2.17. The molecule has 0 bridgehead atoms. The summed E-state index contributed by atoms with van der Waals surface area (Å²) in [5, 5.41) is 3.59. The van der Waals surface area contributed by atoms with E-state index in [1.54, 1.807) is 37.4 Å². The first-order chi connectivity index (χ1) is 16.5. The number of rotatable bonds is 6. The van der Waals surface area contributed by atoms with Crippen LogP contribution in [0.5, 0.6) is 5.75 Å². The molecule has 0 spiro atoms. The van der Waals surface area contributed by atoms with Gasteiger partial charge in [-0.1, -0.05) is 54.1 Å². The van der Waals surface area contributed by atoms with E-state index in [1.807, 2.05) is 53.4 Å². The molecule has 3 aromatic rings. The Balaban J connectivity index is 1.52. The van der Waals surface area contributed by atoms with Gasteiger partial charge in [-0.25, -0.2) is 0 Å². The lowest BCUT2D eigenvalue weighted by atomic mass is 10.0. The summed E-state index contributed by atoms with van der Waals surface area (Å²) in [7, 11) is 1.60. The molecule has 0 radical (unpaired) electrons. The molecule has 1 heterocycles. The van der Waals surface area contributed by atoms with Crippen LogP contribution in [0.3, 0.4) is 0 Å². The zero-order valence-electron chi connectivity index (χ0n) is 19.1. The number of carbonyl (C=O) groups excluding carboxylic acids is 2. The molecule has 1 aliphatic heterocycles. The van der Waals surface area contributed by atoms with Gasteiger partial charge in [0.05, 0.1) is 7.11 Å². The summed E-state index contributed by atoms with van der Waals surface area (Å²) in [5.74, 6) is 0.523. The molecule has 2 amide bonds. The van der Waals surface area contributed by atoms with Crippen molar-refractivity contribution in [1.82, 2.24) is 9.80 Å². The number of hydrogen-bond acceptors (Lipinski definition) is 4. The van der Waals surface area contributed by atoms with Gasteiger partial charge in [0.15, 0.2) is 0 Å². The van der Waals surface area contributed by atoms with Crippen molar-refractivity contribution in [2.24, 2.45) is 0 Å². The highest BCUT2D eigenvalue weighted by atomic mass is 35.5. The van der Waals surface area contributed by atoms with E-state index >= 15 is 0 Å². The van der Waals surface area contributed by atoms with Crippen LogP contribution in [-0.4, -0.2) is 54.9 Å². The van der Waals surface area contributed by atoms with Crippen LogP contribution in [0.1, 0.15) is 28.4 Å². The van der Waals surface area contributed by atoms with Gasteiger partial charge in [-0.3, -0.25) is 14.5 Å². The fourth-order valence-corrected chi connectivity index (χ4v) is 4.47. The van der Waals surface area contributed by atoms with Crippen LogP contribution in [0.15, 0.2) is 78.9 Å². The second-order valence-electron chi connectivity index (χ2n) is 8.23. The first-order valence-electron chi connectivity index (χ1n) is 11.3. The van der Waals surface area contributed by atoms with Gasteiger partial charge in [0, 0.05) is 48.5 Å². The van der Waals surface area contributed by atoms with Gasteiger partial charge >= 0.3 is 0 Å². The summed E-state index contributed by atoms with van der Waals surface area (Å²) < 4.78 is 5.29. The fourth-order valence-electron chi connectivity index (χ4n) is 4.28. The van der Waals surface area contributed by atoms with Crippen molar-refractivity contribution in [3.05, 3.63) is 95.0 Å². The summed E-state index contributed by atoms with van der Waals surface area (Å²) >= 11 is 6.08. The molecular weight excluding hydrogens is 450 g/mol. The first kappa shape index (κ1) is 23.8. The first-order valence-corrected chi connectivity index (χ1v) is 11.7. The Morgan fingerprint density at radius 1 is 0.912 bits per heavy atom. The van der Waals surface area contributed by atoms with Crippen molar-refractivity contribution < 1.29 is 14.3 Å². The molecule has 176 valence electrons. The van der Waals surface area contributed by atoms with Crippen LogP contribution in [0.4, 0.5) is 5.69 Å². The van der Waals surface area contributed by atoms with Crippen molar-refractivity contribution in [3.8, 4) is 5.75 Å². The molecule has 1 N–H and O–H groups in total. The van der Waals surface area contributed by atoms with Crippen LogP contribution < -0.4 is 10.1 Å². The van der Waals surface area contributed by atoms with Gasteiger partial charge in [-0.2, -0.15) is 0 Å². The zero-order valence-corrected chi connectivity index (χ0v) is 19.9. The fraction of sp³-hybridized carbons (Fsp3) is 0.259. The minimum absolute atomic E-state index is 0.0403. The van der Waals surface area contributed by atoms with E-state index in [9.17, 15) is 9.59 Å². The predicted molar refractivity (Wildman–Crippen MR) is 134 cm³/mol. The zero-order chi connectivity index (χ0) is 23.9. The summed E-state index contributed by atoms with van der Waals surface area (Å²) in [6.07, 6.45) is 0.766. The highest BCUT2D eigenvalue weighted by Gasteiger charge is 2.30. The molecule has 6 nitrogen and oxygen atoms in total. The Morgan fingerprint density at radius 2 is 1.71 bits per heavy atom. The average Bonchev–Trinajstić information content (AvgIpc) is 3.11. The van der Waals surface area contributed by atoms with Crippen molar-refractivity contribution in [1.29, 1.82) is 0 Å². The largest absolute Gasteiger partial charge is 0.497 e. The summed E-state index contributed by atoms with van der Waals surface area (Å²) in [4.78, 5) is 30.5. The summed E-state index contributed by atoms with van der Waals surface area (Å²) in [6.45, 7) is 2.43. The maximum atomic E-state index is 13.5. The minimum atomic E-state index is -0.478. The van der Waals surface area contributed by atoms with Crippen molar-refractivity contribution in [2.45, 2.75) is 12.5 Å². The van der Waals surface area contributed by atoms with Crippen molar-refractivity contribution in [2.75, 3.05) is 38.6 Å². The number of amides is 2. The lowest BCUT2D eigenvalue weighted by Crippen LogP contribution is -2.40. The Bertz CT molecular complexity index is 1140. The van der Waals surface area contributed by atoms with Crippen molar-refractivity contribution >= 4 is 29.1 Å². The second-order valence-corrected chi connectivity index (χ2v) is 8.66. The molecule has 0 aliphatic carbocycles. The molecule has 7 heteroatoms. The number of benzene rings is 3. The van der Waals surface area contributed by atoms with E-state index in [1.165, 1.54) is 0 Å². The Labute approximate surface area is 205 Å². The maximum Gasteiger partial charge on any atom is 0.253 e. The van der Waals surface area contributed by atoms with E-state index in [2.05, 4.69) is 10.2 Å². The molecule has 1 fully saturated rings. The number of carbonyl (C=O) groups is 2. The van der Waals surface area contributed by atoms with Gasteiger partial charge in [0.2, 0.25) is 5.91 Å². The third-order valence-corrected chi connectivity index (χ3v) is 6.19. The second kappa shape index (κ2) is 11.2. The summed E-state index contributed by atoms with van der Waals surface area (Å²) in [6, 6.07) is 23.6. The van der Waals surface area contributed by atoms with Crippen LogP contribution >= 0.6 is 11.6 Å². The molecule has 1 aliphatic rings. The van der Waals surface area contributed by atoms with E-state index in [0.717, 1.165) is 12.0 Å². The van der Waals surface area contributed by atoms with E-state index in [-0.39, 0.29) is 11.8 Å². The van der Waals surface area contributed by atoms with E-state index in [0.29, 0.717) is 48.2 Å². The lowest BCUT2D eigenvalue weighted by molar-refractivity contribution is -0.121. The Morgan fingerprint density at radius 3 is 2.47 bits per heavy atom. The molecule has 0 saturated carbocycles. The molecular formula is C27H28ClN3O3. The molecule has 4 rings (SSSR count). The van der Waals surface area contributed by atoms with Gasteiger partial charge in [0.25, 0.3) is 5.91 Å². The molecule has 1 unspecified atom stereocenters. The number of nitrogens with zero attached hydrogens (tertiary/aromatic N) is 2. The average molecular weight is 478 g/mol. The van der Waals surface area contributed by atoms with Crippen LogP contribution in [-0.2, 0) is 4.79 Å². The molecule has 3 aromatic carbocycles. The molecule has 1 atom stereocenters. The van der Waals surface area contributed by atoms with Crippen molar-refractivity contribution in [3.63, 3.8) is 0 Å². The minimum Gasteiger partial charge on any atom is -0.497 e. The standard InChI is InChI=1S/C27H28ClN3O3/c1-34-24-13-6-12-23(19-24)29-26(32)25(20-8-3-2-4-9-20)30-14-7-15-31(17-16-30)27(33)21-10-5-11-22(28)18-21/h2-6,8-13,18-19,25H,7,14-17H2,1H3,(H,29,32). The maximum absolute atomic E-state index is 13.5. The van der Waals surface area contributed by atoms with E-state index in [4.69, 9.17) is 16.3 Å². The van der Waals surface area contributed by atoms with Gasteiger partial charge in [0.1, 0.15) is 11.8 Å². The third-order valence-electron chi connectivity index (χ3n) is 5.96. The Hall–Kier alpha value is -3.35. The number of halogens is 1. The monoisotopic (exact) mass is 477 g/mol. The highest BCUT2D eigenvalue weighted by molar-refractivity contribution is 6.30. The molecule has 0 aromatic heterocycles. The third kappa shape index (κ3) is 5.76. The lowest BCUT2D eigenvalue weighted by Gasteiger charge is -2.30. The quantitative estimate of drug-likeness (QED) is 0.550. The Kier molecular flexibility index (Phi) is 7.83. The van der Waals surface area contributed by atoms with Gasteiger partial charge in [-0.15, -0.1) is 0 Å². The number of methoxy groups -OCH3 is 1.